The third-order valence-electron chi connectivity index (χ3n) is 8.46. The summed E-state index contributed by atoms with van der Waals surface area (Å²) in [6.45, 7) is 1.65. The van der Waals surface area contributed by atoms with Crippen LogP contribution in [0.1, 0.15) is 52.2 Å². The number of nitriles is 1. The SMILES string of the molecule is CCOC(=O)[C@@]1(C#N)[C@H](c2ccc(Cl)cc2)C[C@](O)(c2ccc(Cl)cc2)[C@H](C(=O)c2ccc(Cl)cc2)[C@@H]1c1ccc(Cl)cc1. The van der Waals surface area contributed by atoms with Crippen LogP contribution in [0.2, 0.25) is 20.1 Å². The molecular formula is C35H27Cl4NO4. The summed E-state index contributed by atoms with van der Waals surface area (Å²) in [6.07, 6.45) is -0.170. The highest BCUT2D eigenvalue weighted by Gasteiger charge is 2.67. The topological polar surface area (TPSA) is 87.4 Å². The van der Waals surface area contributed by atoms with Crippen LogP contribution in [0.3, 0.4) is 0 Å². The lowest BCUT2D eigenvalue weighted by molar-refractivity contribution is -0.164. The van der Waals surface area contributed by atoms with Crippen molar-refractivity contribution in [2.45, 2.75) is 30.8 Å². The maximum atomic E-state index is 14.8. The molecule has 9 heteroatoms. The van der Waals surface area contributed by atoms with Crippen LogP contribution >= 0.6 is 46.4 Å². The second kappa shape index (κ2) is 12.9. The number of nitrogens with zero attached hydrogens (tertiary/aromatic N) is 1. The minimum Gasteiger partial charge on any atom is -0.465 e. The Labute approximate surface area is 275 Å². The lowest BCUT2D eigenvalue weighted by Gasteiger charge is -2.54. The van der Waals surface area contributed by atoms with Crippen molar-refractivity contribution in [3.8, 4) is 6.07 Å². The molecule has 0 saturated heterocycles. The van der Waals surface area contributed by atoms with Gasteiger partial charge in [0.2, 0.25) is 0 Å². The average Bonchev–Trinajstić information content (AvgIpc) is 3.02. The first-order valence-electron chi connectivity index (χ1n) is 13.9. The predicted molar refractivity (Wildman–Crippen MR) is 172 cm³/mol. The molecule has 5 nitrogen and oxygen atoms in total. The Morgan fingerprint density at radius 1 is 0.795 bits per heavy atom. The summed E-state index contributed by atoms with van der Waals surface area (Å²) < 4.78 is 5.62. The van der Waals surface area contributed by atoms with Gasteiger partial charge < -0.3 is 9.84 Å². The van der Waals surface area contributed by atoms with E-state index in [4.69, 9.17) is 51.1 Å². The van der Waals surface area contributed by atoms with Crippen molar-refractivity contribution in [1.82, 2.24) is 0 Å². The third kappa shape index (κ3) is 5.74. The summed E-state index contributed by atoms with van der Waals surface area (Å²) in [5.74, 6) is -4.73. The normalized spacial score (nSPS) is 24.7. The number of aliphatic hydroxyl groups is 1. The average molecular weight is 667 g/mol. The minimum absolute atomic E-state index is 0.000187. The Bertz CT molecular complexity index is 1700. The van der Waals surface area contributed by atoms with Gasteiger partial charge in [-0.05, 0) is 90.7 Å². The minimum atomic E-state index is -1.96. The molecule has 5 rings (SSSR count). The zero-order valence-electron chi connectivity index (χ0n) is 23.5. The van der Waals surface area contributed by atoms with Gasteiger partial charge in [-0.1, -0.05) is 82.8 Å². The molecule has 0 aliphatic heterocycles. The molecule has 1 saturated carbocycles. The Kier molecular flexibility index (Phi) is 9.41. The van der Waals surface area contributed by atoms with Gasteiger partial charge in [-0.2, -0.15) is 5.26 Å². The molecule has 0 radical (unpaired) electrons. The monoisotopic (exact) mass is 665 g/mol. The number of carbonyl (C=O) groups is 2. The number of halogens is 4. The van der Waals surface area contributed by atoms with Gasteiger partial charge in [0, 0.05) is 37.5 Å². The van der Waals surface area contributed by atoms with Crippen LogP contribution in [0.15, 0.2) is 97.1 Å². The number of rotatable bonds is 7. The lowest BCUT2D eigenvalue weighted by Crippen LogP contribution is -2.59. The van der Waals surface area contributed by atoms with Gasteiger partial charge in [0.25, 0.3) is 0 Å². The van der Waals surface area contributed by atoms with Crippen molar-refractivity contribution in [3.05, 3.63) is 139 Å². The van der Waals surface area contributed by atoms with Crippen LogP contribution in [0, 0.1) is 22.7 Å². The molecule has 0 unspecified atom stereocenters. The number of hydrogen-bond acceptors (Lipinski definition) is 5. The van der Waals surface area contributed by atoms with Crippen molar-refractivity contribution < 1.29 is 19.4 Å². The zero-order valence-corrected chi connectivity index (χ0v) is 26.5. The van der Waals surface area contributed by atoms with Crippen molar-refractivity contribution in [2.24, 2.45) is 11.3 Å². The number of Topliss-reactive ketones (excluding diaryl/α,β-unsaturated/α-hetero) is 1. The Balaban J connectivity index is 1.89. The molecule has 1 N–H and O–H groups in total. The van der Waals surface area contributed by atoms with Gasteiger partial charge in [0.15, 0.2) is 11.2 Å². The molecule has 4 aromatic carbocycles. The highest BCUT2D eigenvalue weighted by molar-refractivity contribution is 6.31. The maximum Gasteiger partial charge on any atom is 0.327 e. The zero-order chi connectivity index (χ0) is 31.6. The van der Waals surface area contributed by atoms with E-state index in [9.17, 15) is 20.0 Å². The summed E-state index contributed by atoms with van der Waals surface area (Å²) in [4.78, 5) is 29.0. The van der Waals surface area contributed by atoms with Gasteiger partial charge >= 0.3 is 5.97 Å². The first-order valence-corrected chi connectivity index (χ1v) is 15.4. The van der Waals surface area contributed by atoms with Gasteiger partial charge in [0.05, 0.1) is 18.6 Å². The number of esters is 1. The molecule has 5 atom stereocenters. The molecule has 0 heterocycles. The standard InChI is InChI=1S/C35H27Cl4NO4/c1-2-44-33(42)34(20-40)29(21-3-11-25(36)12-4-21)19-35(43,24-9-17-28(39)18-10-24)31(30(34)22-5-13-26(37)14-6-22)32(41)23-7-15-27(38)16-8-23/h3-18,29-31,43H,2,19H2,1H3/t29-,30-,31-,34-,35-/m0/s1. The number of hydrogen-bond donors (Lipinski definition) is 1. The van der Waals surface area contributed by atoms with Crippen LogP contribution in [0.5, 0.6) is 0 Å². The molecular weight excluding hydrogens is 640 g/mol. The van der Waals surface area contributed by atoms with Gasteiger partial charge in [0.1, 0.15) is 5.60 Å². The highest BCUT2D eigenvalue weighted by atomic mass is 35.5. The predicted octanol–water partition coefficient (Wildman–Crippen LogP) is 9.03. The molecule has 0 aromatic heterocycles. The van der Waals surface area contributed by atoms with E-state index in [-0.39, 0.29) is 18.6 Å². The summed E-state index contributed by atoms with van der Waals surface area (Å²) in [6, 6.07) is 28.6. The van der Waals surface area contributed by atoms with Gasteiger partial charge in [-0.3, -0.25) is 9.59 Å². The number of benzene rings is 4. The molecule has 44 heavy (non-hydrogen) atoms. The third-order valence-corrected chi connectivity index (χ3v) is 9.47. The number of ketones is 1. The summed E-state index contributed by atoms with van der Waals surface area (Å²) in [7, 11) is 0. The van der Waals surface area contributed by atoms with E-state index in [0.29, 0.717) is 36.8 Å². The quantitative estimate of drug-likeness (QED) is 0.157. The Morgan fingerprint density at radius 3 is 1.73 bits per heavy atom. The number of ether oxygens (including phenoxy) is 1. The van der Waals surface area contributed by atoms with Crippen molar-refractivity contribution in [1.29, 1.82) is 5.26 Å². The fourth-order valence-corrected chi connectivity index (χ4v) is 6.97. The van der Waals surface area contributed by atoms with Gasteiger partial charge in [-0.15, -0.1) is 0 Å². The molecule has 0 bridgehead atoms. The van der Waals surface area contributed by atoms with E-state index in [1.807, 2.05) is 0 Å². The summed E-state index contributed by atoms with van der Waals surface area (Å²) in [5, 5.41) is 25.9. The van der Waals surface area contributed by atoms with Crippen LogP contribution < -0.4 is 0 Å². The van der Waals surface area contributed by atoms with Crippen LogP contribution in [-0.2, 0) is 15.1 Å². The smallest absolute Gasteiger partial charge is 0.327 e. The summed E-state index contributed by atoms with van der Waals surface area (Å²) >= 11 is 24.9. The fourth-order valence-electron chi connectivity index (χ4n) is 6.47. The van der Waals surface area contributed by atoms with Crippen molar-refractivity contribution in [3.63, 3.8) is 0 Å². The maximum absolute atomic E-state index is 14.8. The van der Waals surface area contributed by atoms with E-state index in [1.165, 1.54) is 0 Å². The van der Waals surface area contributed by atoms with Crippen molar-refractivity contribution >= 4 is 58.2 Å². The molecule has 0 amide bonds. The highest BCUT2D eigenvalue weighted by Crippen LogP contribution is 2.64. The summed E-state index contributed by atoms with van der Waals surface area (Å²) in [5.41, 5.74) is -2.14. The second-order valence-electron chi connectivity index (χ2n) is 10.8. The molecule has 1 aliphatic carbocycles. The Morgan fingerprint density at radius 2 is 1.25 bits per heavy atom. The van der Waals surface area contributed by atoms with Crippen molar-refractivity contribution in [2.75, 3.05) is 6.61 Å². The molecule has 1 fully saturated rings. The molecule has 4 aromatic rings. The van der Waals surface area contributed by atoms with E-state index in [0.717, 1.165) is 0 Å². The fraction of sp³-hybridized carbons (Fsp3) is 0.229. The van der Waals surface area contributed by atoms with E-state index in [2.05, 4.69) is 6.07 Å². The van der Waals surface area contributed by atoms with Gasteiger partial charge in [-0.25, -0.2) is 0 Å². The first kappa shape index (κ1) is 32.0. The second-order valence-corrected chi connectivity index (χ2v) is 12.6. The first-order chi connectivity index (χ1) is 21.0. The van der Waals surface area contributed by atoms with Crippen LogP contribution in [0.4, 0.5) is 0 Å². The molecule has 1 aliphatic rings. The Hall–Kier alpha value is -3.37. The molecule has 224 valence electrons. The van der Waals surface area contributed by atoms with E-state index in [1.54, 1.807) is 104 Å². The molecule has 0 spiro atoms. The number of carbonyl (C=O) groups excluding carboxylic acids is 2. The van der Waals surface area contributed by atoms with E-state index >= 15 is 0 Å². The largest absolute Gasteiger partial charge is 0.465 e. The lowest BCUT2D eigenvalue weighted by atomic mass is 9.47. The van der Waals surface area contributed by atoms with E-state index < -0.39 is 40.5 Å². The van der Waals surface area contributed by atoms with Crippen LogP contribution in [0.25, 0.3) is 0 Å². The van der Waals surface area contributed by atoms with Crippen LogP contribution in [-0.4, -0.2) is 23.5 Å².